The first kappa shape index (κ1) is 21.1. The van der Waals surface area contributed by atoms with Gasteiger partial charge in [0.05, 0.1) is 10.6 Å². The van der Waals surface area contributed by atoms with Crippen molar-refractivity contribution in [3.05, 3.63) is 33.8 Å². The quantitative estimate of drug-likeness (QED) is 0.635. The summed E-state index contributed by atoms with van der Waals surface area (Å²) in [5.41, 5.74) is 5.63. The number of carbonyl (C=O) groups is 2. The van der Waals surface area contributed by atoms with E-state index >= 15 is 0 Å². The number of nitrogens with two attached hydrogens (primary N) is 1. The molecule has 0 fully saturated rings. The van der Waals surface area contributed by atoms with Gasteiger partial charge in [0.25, 0.3) is 5.91 Å². The molecule has 1 rings (SSSR count). The average Bonchev–Trinajstić information content (AvgIpc) is 2.48. The normalized spacial score (nSPS) is 12.6. The second-order valence-corrected chi connectivity index (χ2v) is 7.97. The summed E-state index contributed by atoms with van der Waals surface area (Å²) in [6.45, 7) is 3.95. The minimum atomic E-state index is -0.654. The summed E-state index contributed by atoms with van der Waals surface area (Å²) in [7, 11) is 0. The first-order valence-corrected chi connectivity index (χ1v) is 9.60. The monoisotopic (exact) mass is 391 g/mol. The van der Waals surface area contributed by atoms with Crippen LogP contribution in [-0.2, 0) is 4.79 Å². The van der Waals surface area contributed by atoms with Gasteiger partial charge in [0, 0.05) is 17.1 Å². The highest BCUT2D eigenvalue weighted by atomic mass is 35.5. The Hall–Kier alpha value is -0.950. The number of amides is 2. The minimum absolute atomic E-state index is 0.243. The second kappa shape index (κ2) is 9.51. The molecule has 0 saturated carbocycles. The Bertz CT molecular complexity index is 591. The van der Waals surface area contributed by atoms with E-state index in [0.717, 1.165) is 5.75 Å². The predicted octanol–water partition coefficient (Wildman–Crippen LogP) is 2.70. The number of halogens is 2. The van der Waals surface area contributed by atoms with Crippen LogP contribution in [0.4, 0.5) is 0 Å². The molecule has 8 heteroatoms. The van der Waals surface area contributed by atoms with E-state index in [0.29, 0.717) is 18.0 Å². The Labute approximate surface area is 157 Å². The van der Waals surface area contributed by atoms with E-state index in [9.17, 15) is 9.59 Å². The molecule has 4 N–H and O–H groups in total. The highest BCUT2D eigenvalue weighted by molar-refractivity contribution is 7.98. The van der Waals surface area contributed by atoms with Crippen molar-refractivity contribution in [2.75, 3.05) is 18.6 Å². The lowest BCUT2D eigenvalue weighted by Crippen LogP contribution is -2.52. The summed E-state index contributed by atoms with van der Waals surface area (Å²) < 4.78 is 0. The van der Waals surface area contributed by atoms with Gasteiger partial charge in [-0.05, 0) is 50.5 Å². The topological polar surface area (TPSA) is 84.2 Å². The van der Waals surface area contributed by atoms with Crippen molar-refractivity contribution in [1.82, 2.24) is 10.6 Å². The van der Waals surface area contributed by atoms with Crippen LogP contribution < -0.4 is 16.4 Å². The largest absolute Gasteiger partial charge is 0.352 e. The van der Waals surface area contributed by atoms with Crippen LogP contribution in [0, 0.1) is 0 Å². The molecule has 2 amide bonds. The van der Waals surface area contributed by atoms with Crippen molar-refractivity contribution in [3.8, 4) is 0 Å². The van der Waals surface area contributed by atoms with Gasteiger partial charge in [0.2, 0.25) is 5.91 Å². The van der Waals surface area contributed by atoms with Crippen LogP contribution in [-0.4, -0.2) is 41.9 Å². The van der Waals surface area contributed by atoms with Crippen LogP contribution in [0.3, 0.4) is 0 Å². The van der Waals surface area contributed by atoms with E-state index in [4.69, 9.17) is 28.9 Å². The Kier molecular flexibility index (Phi) is 8.36. The fourth-order valence-electron chi connectivity index (χ4n) is 1.85. The molecule has 0 saturated heterocycles. The maximum absolute atomic E-state index is 12.4. The summed E-state index contributed by atoms with van der Waals surface area (Å²) in [6, 6.07) is 3.95. The second-order valence-electron chi connectivity index (χ2n) is 6.14. The zero-order valence-corrected chi connectivity index (χ0v) is 16.3. The number of hydrogen-bond donors (Lipinski definition) is 3. The lowest BCUT2D eigenvalue weighted by Gasteiger charge is -2.23. The number of hydrogen-bond acceptors (Lipinski definition) is 4. The van der Waals surface area contributed by atoms with Crippen LogP contribution in [0.5, 0.6) is 0 Å². The van der Waals surface area contributed by atoms with Gasteiger partial charge in [0.1, 0.15) is 6.04 Å². The molecule has 1 unspecified atom stereocenters. The number of rotatable bonds is 8. The Morgan fingerprint density at radius 3 is 2.54 bits per heavy atom. The smallest absolute Gasteiger partial charge is 0.253 e. The van der Waals surface area contributed by atoms with Gasteiger partial charge < -0.3 is 16.4 Å². The van der Waals surface area contributed by atoms with Crippen molar-refractivity contribution >= 4 is 46.8 Å². The van der Waals surface area contributed by atoms with Gasteiger partial charge in [-0.3, -0.25) is 9.59 Å². The summed E-state index contributed by atoms with van der Waals surface area (Å²) in [5, 5.41) is 6.19. The molecule has 0 bridgehead atoms. The van der Waals surface area contributed by atoms with Crippen LogP contribution >= 0.6 is 35.0 Å². The molecule has 1 atom stereocenters. The summed E-state index contributed by atoms with van der Waals surface area (Å²) in [5.74, 6) is 0.0598. The molecule has 24 heavy (non-hydrogen) atoms. The van der Waals surface area contributed by atoms with Crippen LogP contribution in [0.25, 0.3) is 0 Å². The van der Waals surface area contributed by atoms with Crippen molar-refractivity contribution in [2.45, 2.75) is 31.8 Å². The lowest BCUT2D eigenvalue weighted by atomic mass is 10.1. The highest BCUT2D eigenvalue weighted by Gasteiger charge is 2.23. The summed E-state index contributed by atoms with van der Waals surface area (Å²) in [4.78, 5) is 24.8. The van der Waals surface area contributed by atoms with E-state index in [2.05, 4.69) is 10.6 Å². The molecule has 5 nitrogen and oxygen atoms in total. The third kappa shape index (κ3) is 7.30. The molecular weight excluding hydrogens is 369 g/mol. The highest BCUT2D eigenvalue weighted by Crippen LogP contribution is 2.21. The van der Waals surface area contributed by atoms with E-state index in [1.54, 1.807) is 17.8 Å². The molecule has 0 aliphatic heterocycles. The average molecular weight is 392 g/mol. The Morgan fingerprint density at radius 2 is 2.00 bits per heavy atom. The molecule has 1 aromatic rings. The molecule has 0 spiro atoms. The summed E-state index contributed by atoms with van der Waals surface area (Å²) >= 11 is 13.5. The van der Waals surface area contributed by atoms with Gasteiger partial charge in [-0.1, -0.05) is 23.2 Å². The first-order valence-electron chi connectivity index (χ1n) is 7.45. The molecule has 0 aliphatic carbocycles. The van der Waals surface area contributed by atoms with Gasteiger partial charge in [-0.25, -0.2) is 0 Å². The molecule has 0 radical (unpaired) electrons. The van der Waals surface area contributed by atoms with Crippen LogP contribution in [0.2, 0.25) is 10.0 Å². The number of benzene rings is 1. The summed E-state index contributed by atoms with van der Waals surface area (Å²) in [6.07, 6.45) is 2.45. The van der Waals surface area contributed by atoms with E-state index in [1.807, 2.05) is 20.1 Å². The Morgan fingerprint density at radius 1 is 1.33 bits per heavy atom. The van der Waals surface area contributed by atoms with E-state index in [-0.39, 0.29) is 16.5 Å². The maximum Gasteiger partial charge on any atom is 0.253 e. The molecule has 1 aromatic carbocycles. The molecule has 0 aliphatic rings. The number of nitrogens with one attached hydrogen (secondary N) is 2. The fourth-order valence-corrected chi connectivity index (χ4v) is 2.82. The van der Waals surface area contributed by atoms with Gasteiger partial charge in [-0.2, -0.15) is 11.8 Å². The molecule has 0 aromatic heterocycles. The number of thioether (sulfide) groups is 1. The third-order valence-corrected chi connectivity index (χ3v) is 4.32. The standard InChI is InChI=1S/C16H23Cl2N3O2S/c1-16(2,19)9-20-15(23)13(6-7-24-3)21-14(22)11-5-4-10(17)8-12(11)18/h4-5,8,13H,6-7,9,19H2,1-3H3,(H,20,23)(H,21,22). The number of carbonyl (C=O) groups excluding carboxylic acids is 2. The minimum Gasteiger partial charge on any atom is -0.352 e. The van der Waals surface area contributed by atoms with Gasteiger partial charge >= 0.3 is 0 Å². The Balaban J connectivity index is 2.80. The molecule has 134 valence electrons. The zero-order chi connectivity index (χ0) is 18.3. The SMILES string of the molecule is CSCCC(NC(=O)c1ccc(Cl)cc1Cl)C(=O)NCC(C)(C)N. The third-order valence-electron chi connectivity index (χ3n) is 3.13. The van der Waals surface area contributed by atoms with Gasteiger partial charge in [-0.15, -0.1) is 0 Å². The van der Waals surface area contributed by atoms with Crippen LogP contribution in [0.15, 0.2) is 18.2 Å². The van der Waals surface area contributed by atoms with Crippen molar-refractivity contribution in [3.63, 3.8) is 0 Å². The lowest BCUT2D eigenvalue weighted by molar-refractivity contribution is -0.123. The van der Waals surface area contributed by atoms with E-state index in [1.165, 1.54) is 12.1 Å². The molecular formula is C16H23Cl2N3O2S. The van der Waals surface area contributed by atoms with Gasteiger partial charge in [0.15, 0.2) is 0 Å². The van der Waals surface area contributed by atoms with Crippen molar-refractivity contribution in [2.24, 2.45) is 5.73 Å². The van der Waals surface area contributed by atoms with Crippen LogP contribution in [0.1, 0.15) is 30.6 Å². The maximum atomic E-state index is 12.4. The zero-order valence-electron chi connectivity index (χ0n) is 14.0. The predicted molar refractivity (Wildman–Crippen MR) is 102 cm³/mol. The van der Waals surface area contributed by atoms with Crippen molar-refractivity contribution < 1.29 is 9.59 Å². The van der Waals surface area contributed by atoms with E-state index < -0.39 is 17.5 Å². The first-order chi connectivity index (χ1) is 11.1. The van der Waals surface area contributed by atoms with Crippen molar-refractivity contribution in [1.29, 1.82) is 0 Å². The fraction of sp³-hybridized carbons (Fsp3) is 0.500. The molecule has 0 heterocycles.